The van der Waals surface area contributed by atoms with E-state index in [0.717, 1.165) is 18.8 Å². The summed E-state index contributed by atoms with van der Waals surface area (Å²) in [7, 11) is 0. The standard InChI is InChI=1S/C21H28N2O2/c1-16(2)21(24)23-13-12-22-14-18-8-10-20(11-9-18)25-15-19-6-4-17(3)5-7-19/h4-11,16,22H,12-15H2,1-3H3,(H,23,24). The fourth-order valence-corrected chi connectivity index (χ4v) is 2.27. The van der Waals surface area contributed by atoms with E-state index in [0.29, 0.717) is 13.2 Å². The first-order valence-corrected chi connectivity index (χ1v) is 8.80. The third-order valence-electron chi connectivity index (χ3n) is 3.90. The molecule has 0 atom stereocenters. The highest BCUT2D eigenvalue weighted by molar-refractivity contribution is 5.77. The summed E-state index contributed by atoms with van der Waals surface area (Å²) in [6, 6.07) is 16.5. The van der Waals surface area contributed by atoms with E-state index in [1.807, 2.05) is 26.0 Å². The number of benzene rings is 2. The number of ether oxygens (including phenoxy) is 1. The molecule has 4 nitrogen and oxygen atoms in total. The molecule has 0 aliphatic heterocycles. The Kier molecular flexibility index (Phi) is 7.48. The van der Waals surface area contributed by atoms with Crippen molar-refractivity contribution in [1.82, 2.24) is 10.6 Å². The molecule has 0 spiro atoms. The van der Waals surface area contributed by atoms with Gasteiger partial charge in [0, 0.05) is 25.6 Å². The van der Waals surface area contributed by atoms with Gasteiger partial charge in [-0.1, -0.05) is 55.8 Å². The van der Waals surface area contributed by atoms with Crippen LogP contribution in [0.5, 0.6) is 5.75 Å². The molecule has 0 bridgehead atoms. The molecule has 0 unspecified atom stereocenters. The SMILES string of the molecule is Cc1ccc(COc2ccc(CNCCNC(=O)C(C)C)cc2)cc1. The lowest BCUT2D eigenvalue weighted by molar-refractivity contribution is -0.123. The number of carbonyl (C=O) groups excluding carboxylic acids is 1. The van der Waals surface area contributed by atoms with Gasteiger partial charge in [-0.15, -0.1) is 0 Å². The normalized spacial score (nSPS) is 10.7. The van der Waals surface area contributed by atoms with E-state index < -0.39 is 0 Å². The van der Waals surface area contributed by atoms with E-state index in [2.05, 4.69) is 54.0 Å². The van der Waals surface area contributed by atoms with Gasteiger partial charge in [0.25, 0.3) is 0 Å². The van der Waals surface area contributed by atoms with Gasteiger partial charge in [-0.25, -0.2) is 0 Å². The van der Waals surface area contributed by atoms with E-state index in [4.69, 9.17) is 4.74 Å². The number of amides is 1. The average molecular weight is 340 g/mol. The van der Waals surface area contributed by atoms with Crippen LogP contribution >= 0.6 is 0 Å². The topological polar surface area (TPSA) is 50.4 Å². The maximum Gasteiger partial charge on any atom is 0.222 e. The van der Waals surface area contributed by atoms with Crippen LogP contribution in [-0.2, 0) is 17.9 Å². The quantitative estimate of drug-likeness (QED) is 0.688. The fraction of sp³-hybridized carbons (Fsp3) is 0.381. The molecule has 2 aromatic rings. The first-order valence-electron chi connectivity index (χ1n) is 8.80. The van der Waals surface area contributed by atoms with Gasteiger partial charge in [0.2, 0.25) is 5.91 Å². The summed E-state index contributed by atoms with van der Waals surface area (Å²) in [6.45, 7) is 8.62. The monoisotopic (exact) mass is 340 g/mol. The summed E-state index contributed by atoms with van der Waals surface area (Å²) in [5.41, 5.74) is 3.61. The molecular formula is C21H28N2O2. The van der Waals surface area contributed by atoms with Crippen molar-refractivity contribution in [3.8, 4) is 5.75 Å². The number of aryl methyl sites for hydroxylation is 1. The smallest absolute Gasteiger partial charge is 0.222 e. The van der Waals surface area contributed by atoms with E-state index in [-0.39, 0.29) is 11.8 Å². The molecule has 0 fully saturated rings. The second-order valence-corrected chi connectivity index (χ2v) is 6.54. The number of carbonyl (C=O) groups is 1. The molecule has 0 aliphatic carbocycles. The minimum Gasteiger partial charge on any atom is -0.489 e. The summed E-state index contributed by atoms with van der Waals surface area (Å²) in [5, 5.41) is 6.21. The zero-order valence-electron chi connectivity index (χ0n) is 15.3. The molecule has 0 aromatic heterocycles. The average Bonchev–Trinajstić information content (AvgIpc) is 2.61. The largest absolute Gasteiger partial charge is 0.489 e. The molecule has 0 radical (unpaired) electrons. The second kappa shape index (κ2) is 9.84. The number of hydrogen-bond acceptors (Lipinski definition) is 3. The van der Waals surface area contributed by atoms with Gasteiger partial charge in [-0.2, -0.15) is 0 Å². The first kappa shape index (κ1) is 19.0. The molecule has 2 aromatic carbocycles. The third-order valence-corrected chi connectivity index (χ3v) is 3.90. The van der Waals surface area contributed by atoms with Crippen LogP contribution in [0.4, 0.5) is 0 Å². The van der Waals surface area contributed by atoms with Gasteiger partial charge in [-0.3, -0.25) is 4.79 Å². The Morgan fingerprint density at radius 1 is 0.960 bits per heavy atom. The van der Waals surface area contributed by atoms with Crippen molar-refractivity contribution in [3.63, 3.8) is 0 Å². The molecule has 0 saturated heterocycles. The Hall–Kier alpha value is -2.33. The van der Waals surface area contributed by atoms with Crippen LogP contribution in [0.15, 0.2) is 48.5 Å². The lowest BCUT2D eigenvalue weighted by Crippen LogP contribution is -2.34. The van der Waals surface area contributed by atoms with E-state index in [9.17, 15) is 4.79 Å². The lowest BCUT2D eigenvalue weighted by atomic mass is 10.2. The van der Waals surface area contributed by atoms with Crippen LogP contribution in [0.2, 0.25) is 0 Å². The van der Waals surface area contributed by atoms with Gasteiger partial charge in [0.15, 0.2) is 0 Å². The van der Waals surface area contributed by atoms with Crippen LogP contribution in [0.3, 0.4) is 0 Å². The molecule has 134 valence electrons. The lowest BCUT2D eigenvalue weighted by Gasteiger charge is -2.10. The summed E-state index contributed by atoms with van der Waals surface area (Å²) >= 11 is 0. The molecule has 0 heterocycles. The summed E-state index contributed by atoms with van der Waals surface area (Å²) in [4.78, 5) is 11.4. The summed E-state index contributed by atoms with van der Waals surface area (Å²) in [6.07, 6.45) is 0. The Morgan fingerprint density at radius 2 is 1.60 bits per heavy atom. The van der Waals surface area contributed by atoms with Gasteiger partial charge in [-0.05, 0) is 30.2 Å². The predicted molar refractivity (Wildman–Crippen MR) is 102 cm³/mol. The molecule has 0 aliphatic rings. The zero-order chi connectivity index (χ0) is 18.1. The highest BCUT2D eigenvalue weighted by Gasteiger charge is 2.04. The maximum absolute atomic E-state index is 11.4. The molecule has 1 amide bonds. The predicted octanol–water partition coefficient (Wildman–Crippen LogP) is 3.44. The zero-order valence-corrected chi connectivity index (χ0v) is 15.3. The fourth-order valence-electron chi connectivity index (χ4n) is 2.27. The summed E-state index contributed by atoms with van der Waals surface area (Å²) < 4.78 is 5.81. The Bertz CT molecular complexity index is 649. The van der Waals surface area contributed by atoms with Crippen LogP contribution < -0.4 is 15.4 Å². The van der Waals surface area contributed by atoms with Crippen LogP contribution in [0.1, 0.15) is 30.5 Å². The maximum atomic E-state index is 11.4. The number of hydrogen-bond donors (Lipinski definition) is 2. The van der Waals surface area contributed by atoms with Crippen molar-refractivity contribution in [2.24, 2.45) is 5.92 Å². The minimum absolute atomic E-state index is 0.0347. The molecule has 2 rings (SSSR count). The van der Waals surface area contributed by atoms with Crippen LogP contribution in [-0.4, -0.2) is 19.0 Å². The van der Waals surface area contributed by atoms with Gasteiger partial charge < -0.3 is 15.4 Å². The second-order valence-electron chi connectivity index (χ2n) is 6.54. The van der Waals surface area contributed by atoms with Crippen molar-refractivity contribution in [2.75, 3.05) is 13.1 Å². The van der Waals surface area contributed by atoms with E-state index >= 15 is 0 Å². The first-order chi connectivity index (χ1) is 12.0. The van der Waals surface area contributed by atoms with Gasteiger partial charge in [0.1, 0.15) is 12.4 Å². The molecule has 25 heavy (non-hydrogen) atoms. The van der Waals surface area contributed by atoms with Crippen LogP contribution in [0.25, 0.3) is 0 Å². The van der Waals surface area contributed by atoms with E-state index in [1.165, 1.54) is 16.7 Å². The van der Waals surface area contributed by atoms with Gasteiger partial charge in [0.05, 0.1) is 0 Å². The Labute approximate surface area is 150 Å². The van der Waals surface area contributed by atoms with Gasteiger partial charge >= 0.3 is 0 Å². The molecule has 0 saturated carbocycles. The van der Waals surface area contributed by atoms with Crippen molar-refractivity contribution >= 4 is 5.91 Å². The number of nitrogens with one attached hydrogen (secondary N) is 2. The van der Waals surface area contributed by atoms with Crippen molar-refractivity contribution in [1.29, 1.82) is 0 Å². The third kappa shape index (κ3) is 6.98. The molecule has 2 N–H and O–H groups in total. The highest BCUT2D eigenvalue weighted by atomic mass is 16.5. The Morgan fingerprint density at radius 3 is 2.24 bits per heavy atom. The van der Waals surface area contributed by atoms with Crippen LogP contribution in [0, 0.1) is 12.8 Å². The van der Waals surface area contributed by atoms with Crippen molar-refractivity contribution in [2.45, 2.75) is 33.9 Å². The minimum atomic E-state index is 0.0347. The number of rotatable bonds is 9. The highest BCUT2D eigenvalue weighted by Crippen LogP contribution is 2.14. The Balaban J connectivity index is 1.67. The molecule has 4 heteroatoms. The van der Waals surface area contributed by atoms with E-state index in [1.54, 1.807) is 0 Å². The molecular weight excluding hydrogens is 312 g/mol. The summed E-state index contributed by atoms with van der Waals surface area (Å²) in [5.74, 6) is 0.998. The van der Waals surface area contributed by atoms with Crippen molar-refractivity contribution < 1.29 is 9.53 Å². The van der Waals surface area contributed by atoms with Crippen molar-refractivity contribution in [3.05, 3.63) is 65.2 Å².